The Morgan fingerprint density at radius 2 is 2.11 bits per heavy atom. The third-order valence-electron chi connectivity index (χ3n) is 4.40. The van der Waals surface area contributed by atoms with E-state index in [4.69, 9.17) is 0 Å². The second kappa shape index (κ2) is 4.30. The summed E-state index contributed by atoms with van der Waals surface area (Å²) in [6.07, 6.45) is 6.04. The van der Waals surface area contributed by atoms with Gasteiger partial charge in [0.05, 0.1) is 0 Å². The number of rotatable bonds is 2. The number of amides is 2. The second-order valence-corrected chi connectivity index (χ2v) is 5.88. The molecule has 3 nitrogen and oxygen atoms in total. The third kappa shape index (κ3) is 2.22. The largest absolute Gasteiger partial charge is 0.332 e. The summed E-state index contributed by atoms with van der Waals surface area (Å²) in [7, 11) is 0. The molecule has 0 radical (unpaired) electrons. The molecule has 1 aromatic rings. The van der Waals surface area contributed by atoms with Crippen molar-refractivity contribution in [1.82, 2.24) is 5.32 Å². The smallest absolute Gasteiger partial charge is 0.319 e. The van der Waals surface area contributed by atoms with E-state index in [1.54, 1.807) is 0 Å². The summed E-state index contributed by atoms with van der Waals surface area (Å²) in [5.41, 5.74) is 2.13. The van der Waals surface area contributed by atoms with Crippen LogP contribution >= 0.6 is 0 Å². The fraction of sp³-hybridized carbons (Fsp3) is 0.533. The Morgan fingerprint density at radius 3 is 2.72 bits per heavy atom. The normalized spacial score (nSPS) is 29.3. The van der Waals surface area contributed by atoms with Gasteiger partial charge in [-0.3, -0.25) is 0 Å². The number of fused-ring (bicyclic) bond motifs is 2. The Bertz CT molecular complexity index is 461. The predicted molar refractivity (Wildman–Crippen MR) is 72.6 cm³/mol. The molecule has 96 valence electrons. The Morgan fingerprint density at radius 1 is 1.33 bits per heavy atom. The van der Waals surface area contributed by atoms with Gasteiger partial charge < -0.3 is 10.6 Å². The summed E-state index contributed by atoms with van der Waals surface area (Å²) in [5.74, 6) is 0.851. The SMILES string of the molecule is Cc1cccc(NC(=O)NC23CCC(CC2)C3)c1. The van der Waals surface area contributed by atoms with Gasteiger partial charge in [0.25, 0.3) is 0 Å². The maximum atomic E-state index is 12.0. The quantitative estimate of drug-likeness (QED) is 0.822. The lowest BCUT2D eigenvalue weighted by molar-refractivity contribution is 0.236. The van der Waals surface area contributed by atoms with Crippen LogP contribution in [-0.2, 0) is 0 Å². The van der Waals surface area contributed by atoms with Gasteiger partial charge in [-0.1, -0.05) is 12.1 Å². The fourth-order valence-corrected chi connectivity index (χ4v) is 3.49. The number of urea groups is 1. The van der Waals surface area contributed by atoms with Gasteiger partial charge in [-0.05, 0) is 62.6 Å². The summed E-state index contributed by atoms with van der Waals surface area (Å²) in [5, 5.41) is 6.14. The van der Waals surface area contributed by atoms with Gasteiger partial charge in [0.2, 0.25) is 0 Å². The first kappa shape index (κ1) is 11.6. The molecule has 0 heterocycles. The van der Waals surface area contributed by atoms with Gasteiger partial charge in [-0.2, -0.15) is 0 Å². The van der Waals surface area contributed by atoms with Crippen LogP contribution in [0.25, 0.3) is 0 Å². The van der Waals surface area contributed by atoms with Crippen LogP contribution in [0.1, 0.15) is 37.7 Å². The van der Waals surface area contributed by atoms with Crippen LogP contribution in [0.3, 0.4) is 0 Å². The van der Waals surface area contributed by atoms with E-state index in [1.807, 2.05) is 31.2 Å². The van der Waals surface area contributed by atoms with E-state index in [0.717, 1.165) is 30.0 Å². The van der Waals surface area contributed by atoms with Crippen molar-refractivity contribution >= 4 is 11.7 Å². The third-order valence-corrected chi connectivity index (χ3v) is 4.40. The van der Waals surface area contributed by atoms with E-state index in [2.05, 4.69) is 10.6 Å². The standard InChI is InChI=1S/C15H20N2O/c1-11-3-2-4-13(9-11)16-14(18)17-15-7-5-12(10-15)6-8-15/h2-4,9,12H,5-8,10H2,1H3,(H2,16,17,18). The maximum absolute atomic E-state index is 12.0. The molecule has 0 unspecified atom stereocenters. The zero-order valence-electron chi connectivity index (χ0n) is 10.8. The number of benzene rings is 1. The molecule has 2 saturated carbocycles. The van der Waals surface area contributed by atoms with E-state index in [9.17, 15) is 4.79 Å². The molecule has 3 heteroatoms. The fourth-order valence-electron chi connectivity index (χ4n) is 3.49. The lowest BCUT2D eigenvalue weighted by Gasteiger charge is -2.28. The molecule has 3 rings (SSSR count). The van der Waals surface area contributed by atoms with Crippen molar-refractivity contribution in [3.63, 3.8) is 0 Å². The lowest BCUT2D eigenvalue weighted by atomic mass is 9.94. The molecule has 2 amide bonds. The highest BCUT2D eigenvalue weighted by Crippen LogP contribution is 2.47. The highest BCUT2D eigenvalue weighted by molar-refractivity contribution is 5.89. The van der Waals surface area contributed by atoms with Crippen LogP contribution in [0.4, 0.5) is 10.5 Å². The molecule has 2 aliphatic carbocycles. The van der Waals surface area contributed by atoms with Crippen molar-refractivity contribution in [3.8, 4) is 0 Å². The van der Waals surface area contributed by atoms with E-state index in [-0.39, 0.29) is 11.6 Å². The average Bonchev–Trinajstić information content (AvgIpc) is 2.88. The molecule has 0 saturated heterocycles. The molecule has 1 aromatic carbocycles. The van der Waals surface area contributed by atoms with Crippen molar-refractivity contribution in [2.75, 3.05) is 5.32 Å². The maximum Gasteiger partial charge on any atom is 0.319 e. The first-order valence-electron chi connectivity index (χ1n) is 6.81. The van der Waals surface area contributed by atoms with Gasteiger partial charge in [-0.15, -0.1) is 0 Å². The van der Waals surface area contributed by atoms with Crippen molar-refractivity contribution < 1.29 is 4.79 Å². The Balaban J connectivity index is 1.62. The van der Waals surface area contributed by atoms with Crippen LogP contribution in [0.15, 0.2) is 24.3 Å². The minimum absolute atomic E-state index is 0.0526. The summed E-state index contributed by atoms with van der Waals surface area (Å²) in [6.45, 7) is 2.03. The minimum atomic E-state index is -0.0526. The molecule has 2 fully saturated rings. The molecule has 0 spiro atoms. The Hall–Kier alpha value is -1.51. The molecule has 2 aliphatic rings. The first-order valence-corrected chi connectivity index (χ1v) is 6.81. The molecular formula is C15H20N2O. The summed E-state index contributed by atoms with van der Waals surface area (Å²) in [6, 6.07) is 7.85. The second-order valence-electron chi connectivity index (χ2n) is 5.88. The molecule has 0 atom stereocenters. The van der Waals surface area contributed by atoms with E-state index >= 15 is 0 Å². The van der Waals surface area contributed by atoms with Gasteiger partial charge in [0.15, 0.2) is 0 Å². The monoisotopic (exact) mass is 244 g/mol. The molecule has 0 aliphatic heterocycles. The number of carbonyl (C=O) groups is 1. The number of nitrogens with one attached hydrogen (secondary N) is 2. The zero-order chi connectivity index (χ0) is 12.6. The number of carbonyl (C=O) groups excluding carboxylic acids is 1. The Kier molecular flexibility index (Phi) is 2.77. The summed E-state index contributed by atoms with van der Waals surface area (Å²) < 4.78 is 0. The number of anilines is 1. The van der Waals surface area contributed by atoms with Crippen molar-refractivity contribution in [1.29, 1.82) is 0 Å². The van der Waals surface area contributed by atoms with E-state index in [1.165, 1.54) is 19.3 Å². The topological polar surface area (TPSA) is 41.1 Å². The van der Waals surface area contributed by atoms with Gasteiger partial charge in [0.1, 0.15) is 0 Å². The first-order chi connectivity index (χ1) is 8.65. The van der Waals surface area contributed by atoms with Crippen LogP contribution in [0.5, 0.6) is 0 Å². The van der Waals surface area contributed by atoms with E-state index < -0.39 is 0 Å². The molecular weight excluding hydrogens is 224 g/mol. The predicted octanol–water partition coefficient (Wildman–Crippen LogP) is 3.45. The minimum Gasteiger partial charge on any atom is -0.332 e. The van der Waals surface area contributed by atoms with Crippen LogP contribution in [0.2, 0.25) is 0 Å². The number of hydrogen-bond acceptors (Lipinski definition) is 1. The van der Waals surface area contributed by atoms with Crippen molar-refractivity contribution in [2.45, 2.75) is 44.6 Å². The Labute approximate surface area is 108 Å². The molecule has 18 heavy (non-hydrogen) atoms. The summed E-state index contributed by atoms with van der Waals surface area (Å²) >= 11 is 0. The van der Waals surface area contributed by atoms with Crippen molar-refractivity contribution in [3.05, 3.63) is 29.8 Å². The number of aryl methyl sites for hydroxylation is 1. The number of hydrogen-bond donors (Lipinski definition) is 2. The van der Waals surface area contributed by atoms with E-state index in [0.29, 0.717) is 0 Å². The van der Waals surface area contributed by atoms with Crippen molar-refractivity contribution in [2.24, 2.45) is 5.92 Å². The summed E-state index contributed by atoms with van der Waals surface area (Å²) in [4.78, 5) is 12.0. The molecule has 2 N–H and O–H groups in total. The lowest BCUT2D eigenvalue weighted by Crippen LogP contribution is -2.46. The van der Waals surface area contributed by atoms with Gasteiger partial charge in [-0.25, -0.2) is 4.79 Å². The van der Waals surface area contributed by atoms with Gasteiger partial charge in [0, 0.05) is 11.2 Å². The van der Waals surface area contributed by atoms with Crippen LogP contribution in [0, 0.1) is 12.8 Å². The van der Waals surface area contributed by atoms with Gasteiger partial charge >= 0.3 is 6.03 Å². The molecule has 0 aromatic heterocycles. The highest BCUT2D eigenvalue weighted by atomic mass is 16.2. The molecule has 2 bridgehead atoms. The van der Waals surface area contributed by atoms with Crippen LogP contribution < -0.4 is 10.6 Å². The highest BCUT2D eigenvalue weighted by Gasteiger charge is 2.45. The zero-order valence-corrected chi connectivity index (χ0v) is 10.8. The van der Waals surface area contributed by atoms with Crippen LogP contribution in [-0.4, -0.2) is 11.6 Å². The average molecular weight is 244 g/mol.